The predicted molar refractivity (Wildman–Crippen MR) is 134 cm³/mol. The number of carboxylic acids is 1. The Kier molecular flexibility index (Phi) is 6.11. The van der Waals surface area contributed by atoms with Crippen molar-refractivity contribution in [3.05, 3.63) is 82.5 Å². The molecular weight excluding hydrogens is 436 g/mol. The van der Waals surface area contributed by atoms with Gasteiger partial charge >= 0.3 is 5.97 Å². The summed E-state index contributed by atoms with van der Waals surface area (Å²) in [6.45, 7) is 1.72. The number of hydrogen-bond donors (Lipinski definition) is 1. The number of amides is 1. The number of carboxylic acid groups (broad SMARTS) is 1. The van der Waals surface area contributed by atoms with E-state index in [-0.39, 0.29) is 11.5 Å². The fraction of sp³-hybridized carbons (Fsp3) is 0.160. The number of nitrogens with zero attached hydrogens (tertiary/aromatic N) is 4. The van der Waals surface area contributed by atoms with Gasteiger partial charge in [-0.25, -0.2) is 9.79 Å². The lowest BCUT2D eigenvalue weighted by molar-refractivity contribution is -0.121. The van der Waals surface area contributed by atoms with Crippen molar-refractivity contribution in [1.29, 1.82) is 0 Å². The number of carbonyl (C=O) groups excluding carboxylic acids is 1. The van der Waals surface area contributed by atoms with Crippen molar-refractivity contribution < 1.29 is 14.7 Å². The van der Waals surface area contributed by atoms with Gasteiger partial charge in [0.1, 0.15) is 0 Å². The van der Waals surface area contributed by atoms with Crippen molar-refractivity contribution in [2.45, 2.75) is 6.92 Å². The minimum absolute atomic E-state index is 0.151. The van der Waals surface area contributed by atoms with E-state index in [1.165, 1.54) is 16.7 Å². The summed E-state index contributed by atoms with van der Waals surface area (Å²) in [7, 11) is 5.67. The molecule has 1 saturated heterocycles. The first kappa shape index (κ1) is 22.4. The monoisotopic (exact) mass is 460 g/mol. The lowest BCUT2D eigenvalue weighted by Crippen LogP contribution is -2.23. The van der Waals surface area contributed by atoms with E-state index in [4.69, 9.17) is 0 Å². The van der Waals surface area contributed by atoms with Crippen LogP contribution in [0.4, 0.5) is 11.4 Å². The predicted octanol–water partition coefficient (Wildman–Crippen LogP) is 4.78. The number of likely N-dealkylation sites (N-methyl/N-ethyl adjacent to an activating group) is 1. The van der Waals surface area contributed by atoms with Gasteiger partial charge in [-0.1, -0.05) is 6.07 Å². The number of aromatic carboxylic acids is 1. The standard InChI is InChI=1S/C25H24N4O3S/c1-16-20(24(31)32)8-5-9-21(16)26-25-28(4)23(30)22(33-25)15-19-7-6-14-29(19)18-12-10-17(11-13-18)27(2)3/h5-15H,1-4H3,(H,31,32)/b22-15-,26-25?. The molecule has 1 amide bonds. The first-order valence-electron chi connectivity index (χ1n) is 10.3. The van der Waals surface area contributed by atoms with Gasteiger partial charge in [0.25, 0.3) is 5.91 Å². The smallest absolute Gasteiger partial charge is 0.336 e. The molecule has 0 spiro atoms. The Morgan fingerprint density at radius 3 is 2.48 bits per heavy atom. The van der Waals surface area contributed by atoms with Crippen LogP contribution in [0.1, 0.15) is 21.6 Å². The van der Waals surface area contributed by atoms with E-state index in [0.29, 0.717) is 21.3 Å². The van der Waals surface area contributed by atoms with Gasteiger partial charge in [0.15, 0.2) is 5.17 Å². The number of rotatable bonds is 5. The number of aromatic nitrogens is 1. The highest BCUT2D eigenvalue weighted by molar-refractivity contribution is 8.18. The maximum absolute atomic E-state index is 12.9. The highest BCUT2D eigenvalue weighted by Gasteiger charge is 2.31. The minimum Gasteiger partial charge on any atom is -0.478 e. The van der Waals surface area contributed by atoms with Crippen LogP contribution in [0.15, 0.2) is 70.7 Å². The molecule has 7 nitrogen and oxygen atoms in total. The number of thioether (sulfide) groups is 1. The van der Waals surface area contributed by atoms with E-state index >= 15 is 0 Å². The van der Waals surface area contributed by atoms with E-state index in [1.54, 1.807) is 32.2 Å². The van der Waals surface area contributed by atoms with Gasteiger partial charge in [-0.2, -0.15) is 0 Å². The van der Waals surface area contributed by atoms with Crippen molar-refractivity contribution in [2.24, 2.45) is 4.99 Å². The van der Waals surface area contributed by atoms with E-state index in [1.807, 2.05) is 72.2 Å². The Morgan fingerprint density at radius 2 is 1.82 bits per heavy atom. The zero-order chi connectivity index (χ0) is 23.7. The summed E-state index contributed by atoms with van der Waals surface area (Å²) in [5.41, 5.74) is 4.27. The van der Waals surface area contributed by atoms with Crippen LogP contribution >= 0.6 is 11.8 Å². The molecule has 1 aliphatic rings. The lowest BCUT2D eigenvalue weighted by atomic mass is 10.1. The van der Waals surface area contributed by atoms with Crippen molar-refractivity contribution >= 4 is 46.3 Å². The summed E-state index contributed by atoms with van der Waals surface area (Å²) < 4.78 is 2.02. The number of hydrogen-bond acceptors (Lipinski definition) is 5. The number of benzene rings is 2. The Bertz CT molecular complexity index is 1290. The number of amidine groups is 1. The van der Waals surface area contributed by atoms with Crippen molar-refractivity contribution in [3.8, 4) is 5.69 Å². The fourth-order valence-corrected chi connectivity index (χ4v) is 4.49. The normalized spacial score (nSPS) is 16.1. The molecule has 33 heavy (non-hydrogen) atoms. The molecule has 0 aliphatic carbocycles. The fourth-order valence-electron chi connectivity index (χ4n) is 3.52. The zero-order valence-corrected chi connectivity index (χ0v) is 19.6. The van der Waals surface area contributed by atoms with Crippen molar-refractivity contribution in [3.63, 3.8) is 0 Å². The molecule has 2 heterocycles. The van der Waals surface area contributed by atoms with Gasteiger partial charge in [-0.15, -0.1) is 0 Å². The van der Waals surface area contributed by atoms with Gasteiger partial charge in [0, 0.05) is 44.4 Å². The van der Waals surface area contributed by atoms with E-state index in [2.05, 4.69) is 4.99 Å². The largest absolute Gasteiger partial charge is 0.478 e. The number of carbonyl (C=O) groups is 2. The van der Waals surface area contributed by atoms with Crippen LogP contribution in [0.2, 0.25) is 0 Å². The number of aliphatic imine (C=N–C) groups is 1. The highest BCUT2D eigenvalue weighted by atomic mass is 32.2. The van der Waals surface area contributed by atoms with Gasteiger partial charge in [0.05, 0.1) is 16.2 Å². The van der Waals surface area contributed by atoms with Crippen LogP contribution < -0.4 is 4.90 Å². The van der Waals surface area contributed by atoms with Crippen LogP contribution in [0.3, 0.4) is 0 Å². The Balaban J connectivity index is 1.65. The molecule has 0 radical (unpaired) electrons. The van der Waals surface area contributed by atoms with Gasteiger partial charge in [-0.05, 0) is 78.9 Å². The van der Waals surface area contributed by atoms with Crippen LogP contribution in [-0.2, 0) is 4.79 Å². The third kappa shape index (κ3) is 4.42. The summed E-state index contributed by atoms with van der Waals surface area (Å²) in [4.78, 5) is 33.0. The SMILES string of the molecule is Cc1c(N=C2S/C(=C\c3cccn3-c3ccc(N(C)C)cc3)C(=O)N2C)cccc1C(=O)O. The molecular formula is C25H24N4O3S. The topological polar surface area (TPSA) is 78.1 Å². The molecule has 1 fully saturated rings. The second kappa shape index (κ2) is 8.99. The Hall–Kier alpha value is -3.78. The van der Waals surface area contributed by atoms with Gasteiger partial charge < -0.3 is 14.6 Å². The van der Waals surface area contributed by atoms with Gasteiger partial charge in [0.2, 0.25) is 0 Å². The maximum Gasteiger partial charge on any atom is 0.336 e. The third-order valence-corrected chi connectivity index (χ3v) is 6.52. The van der Waals surface area contributed by atoms with Crippen LogP contribution in [-0.4, -0.2) is 52.8 Å². The summed E-state index contributed by atoms with van der Waals surface area (Å²) >= 11 is 1.27. The quantitative estimate of drug-likeness (QED) is 0.554. The van der Waals surface area contributed by atoms with Crippen LogP contribution in [0, 0.1) is 6.92 Å². The molecule has 0 atom stereocenters. The van der Waals surface area contributed by atoms with Gasteiger partial charge in [-0.3, -0.25) is 9.69 Å². The summed E-state index contributed by atoms with van der Waals surface area (Å²) in [6.07, 6.45) is 3.81. The average Bonchev–Trinajstić information content (AvgIpc) is 3.35. The van der Waals surface area contributed by atoms with Crippen molar-refractivity contribution in [1.82, 2.24) is 9.47 Å². The lowest BCUT2D eigenvalue weighted by Gasteiger charge is -2.13. The summed E-state index contributed by atoms with van der Waals surface area (Å²) in [5, 5.41) is 9.87. The minimum atomic E-state index is -1.00. The molecule has 1 N–H and O–H groups in total. The molecule has 2 aromatic carbocycles. The molecule has 0 saturated carbocycles. The molecule has 1 aliphatic heterocycles. The number of anilines is 1. The second-order valence-electron chi connectivity index (χ2n) is 7.84. The van der Waals surface area contributed by atoms with E-state index in [0.717, 1.165) is 17.1 Å². The zero-order valence-electron chi connectivity index (χ0n) is 18.8. The molecule has 1 aromatic heterocycles. The van der Waals surface area contributed by atoms with Crippen LogP contribution in [0.5, 0.6) is 0 Å². The maximum atomic E-state index is 12.9. The molecule has 0 unspecified atom stereocenters. The molecule has 0 bridgehead atoms. The second-order valence-corrected chi connectivity index (χ2v) is 8.85. The Labute approximate surface area is 196 Å². The van der Waals surface area contributed by atoms with E-state index in [9.17, 15) is 14.7 Å². The third-order valence-electron chi connectivity index (χ3n) is 5.46. The highest BCUT2D eigenvalue weighted by Crippen LogP contribution is 2.34. The molecule has 3 aromatic rings. The molecule has 8 heteroatoms. The summed E-state index contributed by atoms with van der Waals surface area (Å²) in [6, 6.07) is 17.0. The van der Waals surface area contributed by atoms with Crippen molar-refractivity contribution in [2.75, 3.05) is 26.0 Å². The van der Waals surface area contributed by atoms with Crippen LogP contribution in [0.25, 0.3) is 11.8 Å². The summed E-state index contributed by atoms with van der Waals surface area (Å²) in [5.74, 6) is -1.15. The first-order chi connectivity index (χ1) is 15.8. The Morgan fingerprint density at radius 1 is 1.09 bits per heavy atom. The van der Waals surface area contributed by atoms with E-state index < -0.39 is 5.97 Å². The average molecular weight is 461 g/mol. The molecule has 4 rings (SSSR count). The molecule has 168 valence electrons. The first-order valence-corrected chi connectivity index (χ1v) is 11.1.